The molecular weight excluding hydrogens is 321 g/mol. The van der Waals surface area contributed by atoms with Gasteiger partial charge >= 0.3 is 0 Å². The van der Waals surface area contributed by atoms with Gasteiger partial charge < -0.3 is 5.11 Å². The van der Waals surface area contributed by atoms with Crippen molar-refractivity contribution in [1.82, 2.24) is 15.0 Å². The molecule has 0 bridgehead atoms. The highest BCUT2D eigenvalue weighted by Gasteiger charge is 2.37. The van der Waals surface area contributed by atoms with Gasteiger partial charge in [0.1, 0.15) is 5.15 Å². The number of aromatic nitrogens is 3. The Labute approximate surface area is 137 Å². The molecule has 1 aromatic carbocycles. The lowest BCUT2D eigenvalue weighted by Crippen LogP contribution is -2.30. The Morgan fingerprint density at radius 2 is 1.64 bits per heavy atom. The molecule has 1 unspecified atom stereocenters. The molecule has 0 spiro atoms. The number of hydrogen-bond donors (Lipinski definition) is 1. The minimum Gasteiger partial charge on any atom is -0.374 e. The zero-order chi connectivity index (χ0) is 15.6. The molecule has 22 heavy (non-hydrogen) atoms. The Kier molecular flexibility index (Phi) is 4.07. The first kappa shape index (κ1) is 14.9. The van der Waals surface area contributed by atoms with E-state index in [2.05, 4.69) is 15.0 Å². The monoisotopic (exact) mass is 331 g/mol. The highest BCUT2D eigenvalue weighted by molar-refractivity contribution is 6.30. The molecule has 6 heteroatoms. The standard InChI is InChI=1S/C16H11Cl2N3O/c17-14-12(7-4-9-19-14)16(22,11-5-2-1-3-6-11)13-8-10-20-15(18)21-13/h1-10,22H. The number of halogens is 2. The van der Waals surface area contributed by atoms with E-state index in [0.29, 0.717) is 16.8 Å². The maximum Gasteiger partial charge on any atom is 0.222 e. The number of aliphatic hydroxyl groups is 1. The van der Waals surface area contributed by atoms with Gasteiger partial charge in [-0.3, -0.25) is 0 Å². The largest absolute Gasteiger partial charge is 0.374 e. The summed E-state index contributed by atoms with van der Waals surface area (Å²) in [6.07, 6.45) is 3.05. The Morgan fingerprint density at radius 1 is 0.864 bits per heavy atom. The van der Waals surface area contributed by atoms with Crippen LogP contribution in [0, 0.1) is 0 Å². The highest BCUT2D eigenvalue weighted by atomic mass is 35.5. The molecule has 4 nitrogen and oxygen atoms in total. The molecule has 1 N–H and O–H groups in total. The summed E-state index contributed by atoms with van der Waals surface area (Å²) < 4.78 is 0. The molecule has 0 aliphatic heterocycles. The molecule has 0 aliphatic carbocycles. The summed E-state index contributed by atoms with van der Waals surface area (Å²) >= 11 is 12.1. The Balaban J connectivity index is 2.30. The normalized spacial score (nSPS) is 13.6. The van der Waals surface area contributed by atoms with Crippen LogP contribution in [0.3, 0.4) is 0 Å². The van der Waals surface area contributed by atoms with Crippen LogP contribution in [0.25, 0.3) is 0 Å². The molecular formula is C16H11Cl2N3O. The second-order valence-electron chi connectivity index (χ2n) is 4.63. The summed E-state index contributed by atoms with van der Waals surface area (Å²) in [5.74, 6) is 0. The molecule has 1 atom stereocenters. The lowest BCUT2D eigenvalue weighted by Gasteiger charge is -2.29. The van der Waals surface area contributed by atoms with E-state index in [4.69, 9.17) is 23.2 Å². The van der Waals surface area contributed by atoms with E-state index in [0.717, 1.165) is 0 Å². The van der Waals surface area contributed by atoms with E-state index in [1.165, 1.54) is 6.20 Å². The van der Waals surface area contributed by atoms with Crippen molar-refractivity contribution in [2.24, 2.45) is 0 Å². The number of benzene rings is 1. The molecule has 0 amide bonds. The summed E-state index contributed by atoms with van der Waals surface area (Å²) in [4.78, 5) is 12.1. The molecule has 3 rings (SSSR count). The number of rotatable bonds is 3. The minimum absolute atomic E-state index is 0.0480. The molecule has 2 aromatic heterocycles. The van der Waals surface area contributed by atoms with Gasteiger partial charge in [0.15, 0.2) is 5.60 Å². The van der Waals surface area contributed by atoms with E-state index in [1.54, 1.807) is 36.5 Å². The maximum atomic E-state index is 11.5. The molecule has 110 valence electrons. The highest BCUT2D eigenvalue weighted by Crippen LogP contribution is 2.38. The quantitative estimate of drug-likeness (QED) is 0.589. The summed E-state index contributed by atoms with van der Waals surface area (Å²) in [5.41, 5.74) is -0.204. The first-order valence-corrected chi connectivity index (χ1v) is 7.26. The number of pyridine rings is 1. The third kappa shape index (κ3) is 2.57. The molecule has 0 saturated heterocycles. The van der Waals surface area contributed by atoms with Crippen molar-refractivity contribution >= 4 is 23.2 Å². The van der Waals surface area contributed by atoms with Crippen molar-refractivity contribution in [2.45, 2.75) is 5.60 Å². The fourth-order valence-electron chi connectivity index (χ4n) is 2.31. The van der Waals surface area contributed by atoms with E-state index in [9.17, 15) is 5.11 Å². The van der Waals surface area contributed by atoms with Gasteiger partial charge in [-0.2, -0.15) is 0 Å². The predicted molar refractivity (Wildman–Crippen MR) is 84.8 cm³/mol. The van der Waals surface area contributed by atoms with Crippen LogP contribution >= 0.6 is 23.2 Å². The van der Waals surface area contributed by atoms with Crippen LogP contribution in [0.5, 0.6) is 0 Å². The lowest BCUT2D eigenvalue weighted by molar-refractivity contribution is 0.120. The zero-order valence-corrected chi connectivity index (χ0v) is 12.8. The SMILES string of the molecule is OC(c1ccccc1)(c1ccnc(Cl)n1)c1cccnc1Cl. The lowest BCUT2D eigenvalue weighted by atomic mass is 9.84. The first-order valence-electron chi connectivity index (χ1n) is 6.50. The first-order chi connectivity index (χ1) is 10.6. The number of nitrogens with zero attached hydrogens (tertiary/aromatic N) is 3. The van der Waals surface area contributed by atoms with Gasteiger partial charge in [-0.1, -0.05) is 48.0 Å². The summed E-state index contributed by atoms with van der Waals surface area (Å²) in [5, 5.41) is 11.7. The van der Waals surface area contributed by atoms with Crippen LogP contribution < -0.4 is 0 Å². The van der Waals surface area contributed by atoms with Crippen LogP contribution in [-0.2, 0) is 5.60 Å². The second-order valence-corrected chi connectivity index (χ2v) is 5.33. The molecule has 2 heterocycles. The van der Waals surface area contributed by atoms with Crippen LogP contribution in [0.15, 0.2) is 60.9 Å². The third-order valence-corrected chi connectivity index (χ3v) is 3.82. The van der Waals surface area contributed by atoms with Crippen molar-refractivity contribution in [1.29, 1.82) is 0 Å². The van der Waals surface area contributed by atoms with Crippen molar-refractivity contribution in [3.05, 3.63) is 88.2 Å². The van der Waals surface area contributed by atoms with Gasteiger partial charge in [0.2, 0.25) is 5.28 Å². The van der Waals surface area contributed by atoms with Gasteiger partial charge in [0.05, 0.1) is 5.69 Å². The van der Waals surface area contributed by atoms with E-state index in [-0.39, 0.29) is 10.4 Å². The average molecular weight is 332 g/mol. The summed E-state index contributed by atoms with van der Waals surface area (Å²) in [6, 6.07) is 14.1. The van der Waals surface area contributed by atoms with Crippen LogP contribution in [0.1, 0.15) is 16.8 Å². The van der Waals surface area contributed by atoms with Crippen molar-refractivity contribution in [2.75, 3.05) is 0 Å². The maximum absolute atomic E-state index is 11.5. The number of hydrogen-bond acceptors (Lipinski definition) is 4. The van der Waals surface area contributed by atoms with Gasteiger partial charge in [-0.15, -0.1) is 0 Å². The fourth-order valence-corrected chi connectivity index (χ4v) is 2.72. The van der Waals surface area contributed by atoms with Crippen LogP contribution in [-0.4, -0.2) is 20.1 Å². The van der Waals surface area contributed by atoms with Crippen LogP contribution in [0.2, 0.25) is 10.4 Å². The third-order valence-electron chi connectivity index (χ3n) is 3.34. The van der Waals surface area contributed by atoms with Gasteiger partial charge in [-0.05, 0) is 29.3 Å². The summed E-state index contributed by atoms with van der Waals surface area (Å²) in [7, 11) is 0. The average Bonchev–Trinajstić information content (AvgIpc) is 2.55. The van der Waals surface area contributed by atoms with Gasteiger partial charge in [0.25, 0.3) is 0 Å². The topological polar surface area (TPSA) is 58.9 Å². The molecule has 0 aliphatic rings. The zero-order valence-electron chi connectivity index (χ0n) is 11.3. The Morgan fingerprint density at radius 3 is 2.32 bits per heavy atom. The molecule has 3 aromatic rings. The Hall–Kier alpha value is -2.01. The van der Waals surface area contributed by atoms with Crippen LogP contribution in [0.4, 0.5) is 0 Å². The van der Waals surface area contributed by atoms with Crippen molar-refractivity contribution < 1.29 is 5.11 Å². The Bertz CT molecular complexity index is 798. The molecule has 0 fully saturated rings. The van der Waals surface area contributed by atoms with Crippen molar-refractivity contribution in [3.8, 4) is 0 Å². The second kappa shape index (κ2) is 6.01. The van der Waals surface area contributed by atoms with E-state index < -0.39 is 5.60 Å². The molecule has 0 radical (unpaired) electrons. The fraction of sp³-hybridized carbons (Fsp3) is 0.0625. The van der Waals surface area contributed by atoms with E-state index in [1.807, 2.05) is 18.2 Å². The smallest absolute Gasteiger partial charge is 0.222 e. The van der Waals surface area contributed by atoms with E-state index >= 15 is 0 Å². The molecule has 0 saturated carbocycles. The van der Waals surface area contributed by atoms with Crippen molar-refractivity contribution in [3.63, 3.8) is 0 Å². The predicted octanol–water partition coefficient (Wildman–Crippen LogP) is 3.46. The summed E-state index contributed by atoms with van der Waals surface area (Å²) in [6.45, 7) is 0. The van der Waals surface area contributed by atoms with Gasteiger partial charge in [-0.25, -0.2) is 15.0 Å². The minimum atomic E-state index is -1.57. The van der Waals surface area contributed by atoms with Gasteiger partial charge in [0, 0.05) is 18.0 Å².